The number of hydrogen-bond acceptors (Lipinski definition) is 6. The number of fused-ring (bicyclic) bond motifs is 1. The first kappa shape index (κ1) is 25.7. The van der Waals surface area contributed by atoms with Crippen molar-refractivity contribution in [3.8, 4) is 17.2 Å². The Labute approximate surface area is 226 Å². The lowest BCUT2D eigenvalue weighted by molar-refractivity contribution is -0.140. The average Bonchev–Trinajstić information content (AvgIpc) is 3.46. The molecule has 1 unspecified atom stereocenters. The third-order valence-electron chi connectivity index (χ3n) is 6.85. The highest BCUT2D eigenvalue weighted by molar-refractivity contribution is 6.47. The molecule has 38 heavy (non-hydrogen) atoms. The largest absolute Gasteiger partial charge is 0.507 e. The average molecular weight is 534 g/mol. The van der Waals surface area contributed by atoms with Crippen LogP contribution in [0.5, 0.6) is 17.2 Å². The van der Waals surface area contributed by atoms with Crippen molar-refractivity contribution in [2.75, 3.05) is 13.9 Å². The molecule has 1 saturated heterocycles. The summed E-state index contributed by atoms with van der Waals surface area (Å²) in [7, 11) is 1.49. The van der Waals surface area contributed by atoms with E-state index in [2.05, 4.69) is 20.8 Å². The lowest BCUT2D eigenvalue weighted by atomic mass is 9.85. The number of Topliss-reactive ketones (excluding diaryl/α,β-unsaturated/α-hetero) is 1. The van der Waals surface area contributed by atoms with Crippen molar-refractivity contribution < 1.29 is 28.9 Å². The van der Waals surface area contributed by atoms with Gasteiger partial charge in [-0.05, 0) is 52.4 Å². The molecule has 0 spiro atoms. The van der Waals surface area contributed by atoms with E-state index in [0.29, 0.717) is 22.8 Å². The van der Waals surface area contributed by atoms with Crippen molar-refractivity contribution in [2.24, 2.45) is 0 Å². The van der Waals surface area contributed by atoms with Gasteiger partial charge < -0.3 is 24.2 Å². The molecule has 0 bridgehead atoms. The molecule has 2 aliphatic heterocycles. The van der Waals surface area contributed by atoms with E-state index >= 15 is 0 Å². The van der Waals surface area contributed by atoms with Crippen molar-refractivity contribution in [3.05, 3.63) is 93.5 Å². The van der Waals surface area contributed by atoms with E-state index < -0.39 is 17.7 Å². The van der Waals surface area contributed by atoms with Crippen LogP contribution in [-0.2, 0) is 21.5 Å². The molecule has 1 fully saturated rings. The summed E-state index contributed by atoms with van der Waals surface area (Å²) in [6.07, 6.45) is 0. The van der Waals surface area contributed by atoms with E-state index in [9.17, 15) is 14.7 Å². The van der Waals surface area contributed by atoms with Crippen LogP contribution in [0.25, 0.3) is 5.76 Å². The first-order valence-electron chi connectivity index (χ1n) is 12.2. The number of aliphatic hydroxyl groups excluding tert-OH is 1. The van der Waals surface area contributed by atoms with E-state index in [1.807, 2.05) is 30.3 Å². The van der Waals surface area contributed by atoms with E-state index in [-0.39, 0.29) is 40.7 Å². The van der Waals surface area contributed by atoms with E-state index in [1.54, 1.807) is 30.3 Å². The molecule has 7 nitrogen and oxygen atoms in total. The standard InChI is InChI=1S/C30H28ClNO6/c1-30(2,3)19-8-6-18(7-9-19)26-25(27(33)21-14-20(36-4)10-11-22(21)31)28(34)29(35)32(26)15-17-5-12-23-24(13-17)38-16-37-23/h5-14,26,33H,15-16H2,1-4H3/b27-25+. The minimum Gasteiger partial charge on any atom is -0.507 e. The van der Waals surface area contributed by atoms with Gasteiger partial charge in [-0.15, -0.1) is 0 Å². The molecule has 3 aromatic carbocycles. The quantitative estimate of drug-likeness (QED) is 0.246. The molecule has 2 heterocycles. The number of carbonyl (C=O) groups excluding carboxylic acids is 2. The maximum Gasteiger partial charge on any atom is 0.295 e. The van der Waals surface area contributed by atoms with Crippen LogP contribution in [0.15, 0.2) is 66.2 Å². The molecule has 8 heteroatoms. The van der Waals surface area contributed by atoms with Crippen molar-refractivity contribution in [1.29, 1.82) is 0 Å². The fourth-order valence-electron chi connectivity index (χ4n) is 4.75. The molecular formula is C30H28ClNO6. The molecule has 1 atom stereocenters. The summed E-state index contributed by atoms with van der Waals surface area (Å²) in [4.78, 5) is 28.3. The fraction of sp³-hybridized carbons (Fsp3) is 0.267. The number of likely N-dealkylation sites (tertiary alicyclic amines) is 1. The number of amides is 1. The predicted molar refractivity (Wildman–Crippen MR) is 144 cm³/mol. The van der Waals surface area contributed by atoms with Gasteiger partial charge in [0, 0.05) is 12.1 Å². The Morgan fingerprint density at radius 3 is 2.42 bits per heavy atom. The number of methoxy groups -OCH3 is 1. The Hall–Kier alpha value is -3.97. The number of halogens is 1. The number of rotatable bonds is 5. The van der Waals surface area contributed by atoms with Gasteiger partial charge in [-0.25, -0.2) is 0 Å². The van der Waals surface area contributed by atoms with Crippen LogP contribution in [-0.4, -0.2) is 35.6 Å². The third kappa shape index (κ3) is 4.58. The Morgan fingerprint density at radius 1 is 1.03 bits per heavy atom. The lowest BCUT2D eigenvalue weighted by Gasteiger charge is -2.27. The second kappa shape index (κ2) is 9.72. The number of hydrogen-bond donors (Lipinski definition) is 1. The van der Waals surface area contributed by atoms with E-state index in [1.165, 1.54) is 12.0 Å². The van der Waals surface area contributed by atoms with Crippen LogP contribution in [0.3, 0.4) is 0 Å². The number of benzene rings is 3. The molecule has 1 amide bonds. The number of ether oxygens (including phenoxy) is 3. The zero-order valence-electron chi connectivity index (χ0n) is 21.6. The molecule has 3 aromatic rings. The van der Waals surface area contributed by atoms with Crippen LogP contribution in [0, 0.1) is 0 Å². The van der Waals surface area contributed by atoms with Crippen LogP contribution >= 0.6 is 11.6 Å². The summed E-state index contributed by atoms with van der Waals surface area (Å²) < 4.78 is 16.2. The topological polar surface area (TPSA) is 85.3 Å². The molecule has 0 aromatic heterocycles. The summed E-state index contributed by atoms with van der Waals surface area (Å²) >= 11 is 6.41. The van der Waals surface area contributed by atoms with Crippen molar-refractivity contribution in [2.45, 2.75) is 38.8 Å². The molecule has 5 rings (SSSR count). The predicted octanol–water partition coefficient (Wildman–Crippen LogP) is 6.00. The second-order valence-electron chi connectivity index (χ2n) is 10.3. The van der Waals surface area contributed by atoms with Gasteiger partial charge in [0.15, 0.2) is 11.5 Å². The normalized spacial score (nSPS) is 18.2. The first-order valence-corrected chi connectivity index (χ1v) is 12.6. The number of carbonyl (C=O) groups is 2. The zero-order chi connectivity index (χ0) is 27.2. The van der Waals surface area contributed by atoms with Crippen LogP contribution < -0.4 is 14.2 Å². The SMILES string of the molecule is COc1ccc(Cl)c(/C(O)=C2\C(=O)C(=O)N(Cc3ccc4c(c3)OCO4)C2c2ccc(C(C)(C)C)cc2)c1. The Bertz CT molecular complexity index is 1450. The molecular weight excluding hydrogens is 506 g/mol. The maximum atomic E-state index is 13.5. The van der Waals surface area contributed by atoms with Gasteiger partial charge in [0.05, 0.1) is 23.7 Å². The maximum absolute atomic E-state index is 13.5. The highest BCUT2D eigenvalue weighted by Crippen LogP contribution is 2.43. The monoisotopic (exact) mass is 533 g/mol. The summed E-state index contributed by atoms with van der Waals surface area (Å²) in [5.41, 5.74) is 2.65. The number of aliphatic hydroxyl groups is 1. The van der Waals surface area contributed by atoms with Gasteiger partial charge in [0.1, 0.15) is 11.5 Å². The van der Waals surface area contributed by atoms with Crippen LogP contribution in [0.2, 0.25) is 5.02 Å². The molecule has 0 aliphatic carbocycles. The van der Waals surface area contributed by atoms with Gasteiger partial charge in [-0.1, -0.05) is 62.7 Å². The minimum absolute atomic E-state index is 0.0330. The first-order chi connectivity index (χ1) is 18.1. The highest BCUT2D eigenvalue weighted by Gasteiger charge is 2.46. The van der Waals surface area contributed by atoms with E-state index in [0.717, 1.165) is 11.1 Å². The Balaban J connectivity index is 1.64. The minimum atomic E-state index is -0.836. The Morgan fingerprint density at radius 2 is 1.74 bits per heavy atom. The zero-order valence-corrected chi connectivity index (χ0v) is 22.3. The fourth-order valence-corrected chi connectivity index (χ4v) is 4.96. The van der Waals surface area contributed by atoms with Gasteiger partial charge >= 0.3 is 0 Å². The Kier molecular flexibility index (Phi) is 6.57. The summed E-state index contributed by atoms with van der Waals surface area (Å²) in [5, 5.41) is 11.7. The number of nitrogens with zero attached hydrogens (tertiary/aromatic N) is 1. The molecule has 0 radical (unpaired) electrons. The summed E-state index contributed by atoms with van der Waals surface area (Å²) in [6, 6.07) is 17.1. The van der Waals surface area contributed by atoms with Gasteiger partial charge in [0.2, 0.25) is 6.79 Å². The van der Waals surface area contributed by atoms with Gasteiger partial charge in [-0.3, -0.25) is 9.59 Å². The van der Waals surface area contributed by atoms with Gasteiger partial charge in [-0.2, -0.15) is 0 Å². The molecule has 0 saturated carbocycles. The molecule has 196 valence electrons. The highest BCUT2D eigenvalue weighted by atomic mass is 35.5. The van der Waals surface area contributed by atoms with Crippen molar-refractivity contribution in [3.63, 3.8) is 0 Å². The van der Waals surface area contributed by atoms with Gasteiger partial charge in [0.25, 0.3) is 11.7 Å². The third-order valence-corrected chi connectivity index (χ3v) is 7.18. The number of ketones is 1. The summed E-state index contributed by atoms with van der Waals surface area (Å²) in [5.74, 6) is -0.201. The van der Waals surface area contributed by atoms with Crippen LogP contribution in [0.1, 0.15) is 49.1 Å². The van der Waals surface area contributed by atoms with Crippen molar-refractivity contribution >= 4 is 29.1 Å². The van der Waals surface area contributed by atoms with Crippen molar-refractivity contribution in [1.82, 2.24) is 4.90 Å². The van der Waals surface area contributed by atoms with E-state index in [4.69, 9.17) is 25.8 Å². The smallest absolute Gasteiger partial charge is 0.295 e. The lowest BCUT2D eigenvalue weighted by Crippen LogP contribution is -2.29. The molecule has 2 aliphatic rings. The van der Waals surface area contributed by atoms with Crippen LogP contribution in [0.4, 0.5) is 0 Å². The second-order valence-corrected chi connectivity index (χ2v) is 10.7. The summed E-state index contributed by atoms with van der Waals surface area (Å²) in [6.45, 7) is 6.58. The molecule has 1 N–H and O–H groups in total.